The molecule has 3 heteroatoms. The van der Waals surface area contributed by atoms with Gasteiger partial charge in [-0.1, -0.05) is 31.0 Å². The highest BCUT2D eigenvalue weighted by Gasteiger charge is 2.26. The number of aliphatic hydroxyl groups excluding tert-OH is 1. The summed E-state index contributed by atoms with van der Waals surface area (Å²) >= 11 is 0. The third-order valence-corrected chi connectivity index (χ3v) is 4.35. The van der Waals surface area contributed by atoms with Crippen LogP contribution in [0.3, 0.4) is 0 Å². The molecule has 0 aromatic heterocycles. The molecule has 2 aliphatic rings. The van der Waals surface area contributed by atoms with Crippen molar-refractivity contribution in [2.24, 2.45) is 0 Å². The molecule has 2 atom stereocenters. The summed E-state index contributed by atoms with van der Waals surface area (Å²) in [5.41, 5.74) is 1.26. The quantitative estimate of drug-likeness (QED) is 0.873. The molecule has 0 radical (unpaired) electrons. The molecule has 1 saturated carbocycles. The largest absolute Gasteiger partial charge is 0.487 e. The molecule has 0 saturated heterocycles. The van der Waals surface area contributed by atoms with Gasteiger partial charge in [0.2, 0.25) is 0 Å². The van der Waals surface area contributed by atoms with Crippen molar-refractivity contribution >= 4 is 0 Å². The zero-order chi connectivity index (χ0) is 13.1. The van der Waals surface area contributed by atoms with E-state index in [0.29, 0.717) is 12.6 Å². The zero-order valence-electron chi connectivity index (χ0n) is 11.3. The number of benzene rings is 1. The molecule has 3 rings (SSSR count). The zero-order valence-corrected chi connectivity index (χ0v) is 11.3. The maximum Gasteiger partial charge on any atom is 0.126 e. The number of nitrogens with one attached hydrogen (secondary N) is 1. The average Bonchev–Trinajstić information content (AvgIpc) is 2.97. The summed E-state index contributed by atoms with van der Waals surface area (Å²) in [6, 6.07) is 8.74. The second-order valence-corrected chi connectivity index (χ2v) is 5.76. The van der Waals surface area contributed by atoms with Gasteiger partial charge in [0.1, 0.15) is 18.0 Å². The van der Waals surface area contributed by atoms with Crippen LogP contribution in [-0.2, 0) is 6.42 Å². The molecule has 1 aromatic carbocycles. The topological polar surface area (TPSA) is 41.5 Å². The third-order valence-electron chi connectivity index (χ3n) is 4.35. The minimum absolute atomic E-state index is 0.0659. The lowest BCUT2D eigenvalue weighted by atomic mass is 9.99. The van der Waals surface area contributed by atoms with Gasteiger partial charge in [0, 0.05) is 12.6 Å². The van der Waals surface area contributed by atoms with E-state index in [1.165, 1.54) is 31.2 Å². The molecule has 2 N–H and O–H groups in total. The van der Waals surface area contributed by atoms with Gasteiger partial charge < -0.3 is 15.2 Å². The van der Waals surface area contributed by atoms with Gasteiger partial charge in [0.25, 0.3) is 0 Å². The van der Waals surface area contributed by atoms with Crippen molar-refractivity contribution in [2.75, 3.05) is 6.54 Å². The minimum atomic E-state index is -0.408. The van der Waals surface area contributed by atoms with E-state index in [9.17, 15) is 5.11 Å². The van der Waals surface area contributed by atoms with Crippen molar-refractivity contribution in [1.29, 1.82) is 0 Å². The number of ether oxygens (including phenoxy) is 1. The SMILES string of the molecule is O[C@@H](CNC1CCCC1)[C@H]1CCc2ccccc2O1. The van der Waals surface area contributed by atoms with Crippen molar-refractivity contribution in [2.45, 2.75) is 56.8 Å². The van der Waals surface area contributed by atoms with E-state index in [1.54, 1.807) is 0 Å². The summed E-state index contributed by atoms with van der Waals surface area (Å²) in [5.74, 6) is 0.943. The molecular weight excluding hydrogens is 238 g/mol. The fraction of sp³-hybridized carbons (Fsp3) is 0.625. The van der Waals surface area contributed by atoms with Crippen LogP contribution in [-0.4, -0.2) is 29.9 Å². The highest BCUT2D eigenvalue weighted by atomic mass is 16.5. The van der Waals surface area contributed by atoms with Crippen LogP contribution in [0, 0.1) is 0 Å². The Balaban J connectivity index is 1.52. The monoisotopic (exact) mass is 261 g/mol. The Bertz CT molecular complexity index is 415. The van der Waals surface area contributed by atoms with E-state index in [4.69, 9.17) is 4.74 Å². The van der Waals surface area contributed by atoms with E-state index in [1.807, 2.05) is 18.2 Å². The molecule has 0 unspecified atom stereocenters. The maximum atomic E-state index is 10.3. The van der Waals surface area contributed by atoms with E-state index >= 15 is 0 Å². The number of hydrogen-bond acceptors (Lipinski definition) is 3. The normalized spacial score (nSPS) is 24.8. The van der Waals surface area contributed by atoms with Crippen LogP contribution in [0.25, 0.3) is 0 Å². The van der Waals surface area contributed by atoms with Crippen LogP contribution in [0.2, 0.25) is 0 Å². The second kappa shape index (κ2) is 5.93. The molecule has 1 aliphatic heterocycles. The highest BCUT2D eigenvalue weighted by Crippen LogP contribution is 2.28. The Hall–Kier alpha value is -1.06. The first-order valence-electron chi connectivity index (χ1n) is 7.49. The summed E-state index contributed by atoms with van der Waals surface area (Å²) in [4.78, 5) is 0. The number of fused-ring (bicyclic) bond motifs is 1. The van der Waals surface area contributed by atoms with Crippen molar-refractivity contribution < 1.29 is 9.84 Å². The molecule has 3 nitrogen and oxygen atoms in total. The molecular formula is C16H23NO2. The Labute approximate surface area is 115 Å². The summed E-state index contributed by atoms with van der Waals surface area (Å²) in [7, 11) is 0. The number of rotatable bonds is 4. The van der Waals surface area contributed by atoms with Crippen LogP contribution < -0.4 is 10.1 Å². The molecule has 1 aromatic rings. The molecule has 0 bridgehead atoms. The minimum Gasteiger partial charge on any atom is -0.487 e. The number of para-hydroxylation sites is 1. The Morgan fingerprint density at radius 2 is 2.00 bits per heavy atom. The van der Waals surface area contributed by atoms with Gasteiger partial charge in [-0.2, -0.15) is 0 Å². The van der Waals surface area contributed by atoms with Crippen LogP contribution in [0.1, 0.15) is 37.7 Å². The van der Waals surface area contributed by atoms with E-state index < -0.39 is 6.10 Å². The first-order valence-corrected chi connectivity index (χ1v) is 7.49. The van der Waals surface area contributed by atoms with Gasteiger partial charge in [-0.05, 0) is 37.3 Å². The van der Waals surface area contributed by atoms with E-state index in [2.05, 4.69) is 11.4 Å². The molecule has 0 amide bonds. The van der Waals surface area contributed by atoms with E-state index in [0.717, 1.165) is 18.6 Å². The number of aliphatic hydroxyl groups is 1. The van der Waals surface area contributed by atoms with Gasteiger partial charge in [-0.15, -0.1) is 0 Å². The Morgan fingerprint density at radius 3 is 2.84 bits per heavy atom. The third kappa shape index (κ3) is 3.10. The standard InChI is InChI=1S/C16H23NO2/c18-14(11-17-13-6-2-3-7-13)16-10-9-12-5-1-4-8-15(12)19-16/h1,4-5,8,13-14,16-18H,2-3,6-7,9-11H2/t14-,16+/m0/s1. The maximum absolute atomic E-state index is 10.3. The Kier molecular flexibility index (Phi) is 4.04. The van der Waals surface area contributed by atoms with Crippen molar-refractivity contribution in [3.8, 4) is 5.75 Å². The van der Waals surface area contributed by atoms with Crippen molar-refractivity contribution in [1.82, 2.24) is 5.32 Å². The molecule has 0 spiro atoms. The molecule has 104 valence electrons. The predicted octanol–water partition coefficient (Wildman–Crippen LogP) is 2.27. The predicted molar refractivity (Wildman–Crippen MR) is 75.4 cm³/mol. The first kappa shape index (κ1) is 12.9. The average molecular weight is 261 g/mol. The molecule has 1 heterocycles. The fourth-order valence-electron chi connectivity index (χ4n) is 3.16. The van der Waals surface area contributed by atoms with Gasteiger partial charge >= 0.3 is 0 Å². The van der Waals surface area contributed by atoms with Gasteiger partial charge in [0.15, 0.2) is 0 Å². The lowest BCUT2D eigenvalue weighted by molar-refractivity contribution is 0.0231. The lowest BCUT2D eigenvalue weighted by Crippen LogP contribution is -2.43. The van der Waals surface area contributed by atoms with Crippen molar-refractivity contribution in [3.63, 3.8) is 0 Å². The first-order chi connectivity index (χ1) is 9.33. The summed E-state index contributed by atoms with van der Waals surface area (Å²) < 4.78 is 5.92. The molecule has 1 aliphatic carbocycles. The second-order valence-electron chi connectivity index (χ2n) is 5.76. The van der Waals surface area contributed by atoms with Gasteiger partial charge in [-0.25, -0.2) is 0 Å². The van der Waals surface area contributed by atoms with Crippen LogP contribution in [0.5, 0.6) is 5.75 Å². The van der Waals surface area contributed by atoms with Crippen LogP contribution in [0.4, 0.5) is 0 Å². The fourth-order valence-corrected chi connectivity index (χ4v) is 3.16. The van der Waals surface area contributed by atoms with Crippen molar-refractivity contribution in [3.05, 3.63) is 29.8 Å². The van der Waals surface area contributed by atoms with Crippen LogP contribution in [0.15, 0.2) is 24.3 Å². The summed E-state index contributed by atoms with van der Waals surface area (Å²) in [6.07, 6.45) is 6.58. The molecule has 19 heavy (non-hydrogen) atoms. The number of aryl methyl sites for hydroxylation is 1. The summed E-state index contributed by atoms with van der Waals surface area (Å²) in [5, 5.41) is 13.7. The van der Waals surface area contributed by atoms with Gasteiger partial charge in [-0.3, -0.25) is 0 Å². The lowest BCUT2D eigenvalue weighted by Gasteiger charge is -2.30. The van der Waals surface area contributed by atoms with Gasteiger partial charge in [0.05, 0.1) is 0 Å². The number of hydrogen-bond donors (Lipinski definition) is 2. The highest BCUT2D eigenvalue weighted by molar-refractivity contribution is 5.35. The smallest absolute Gasteiger partial charge is 0.126 e. The Morgan fingerprint density at radius 1 is 1.21 bits per heavy atom. The van der Waals surface area contributed by atoms with Crippen LogP contribution >= 0.6 is 0 Å². The molecule has 1 fully saturated rings. The van der Waals surface area contributed by atoms with E-state index in [-0.39, 0.29) is 6.10 Å². The summed E-state index contributed by atoms with van der Waals surface area (Å²) in [6.45, 7) is 0.650.